The van der Waals surface area contributed by atoms with E-state index in [1.54, 1.807) is 36.4 Å². The molecular formula is C26H22ClNO5. The fraction of sp³-hybridized carbons (Fsp3) is 0.192. The van der Waals surface area contributed by atoms with Crippen LogP contribution in [0.4, 0.5) is 5.69 Å². The number of hydrogen-bond donors (Lipinski definition) is 0. The first kappa shape index (κ1) is 22.6. The number of ether oxygens (including phenoxy) is 1. The van der Waals surface area contributed by atoms with Gasteiger partial charge in [0, 0.05) is 35.5 Å². The number of carbonyl (C=O) groups excluding carboxylic acids is 2. The first-order chi connectivity index (χ1) is 15.9. The van der Waals surface area contributed by atoms with Gasteiger partial charge in [-0.15, -0.1) is 0 Å². The number of nitrogens with zero attached hydrogens (tertiary/aromatic N) is 1. The van der Waals surface area contributed by atoms with E-state index in [-0.39, 0.29) is 16.6 Å². The number of fused-ring (bicyclic) bond motifs is 3. The molecule has 0 bridgehead atoms. The van der Waals surface area contributed by atoms with Crippen LogP contribution in [-0.4, -0.2) is 31.4 Å². The standard InChI is InChI=1S/C26H22ClNO5/c1-3-28(13-14-32-16(2)29)19-10-12-20-18(15-19)9-11-21-23(27)22(26(31)33-25(20)21)24(30)17-7-5-4-6-8-17/h4-12,15H,3,13-14H2,1-2H3. The molecule has 1 heterocycles. The van der Waals surface area contributed by atoms with E-state index in [4.69, 9.17) is 20.8 Å². The van der Waals surface area contributed by atoms with Gasteiger partial charge in [-0.3, -0.25) is 9.59 Å². The van der Waals surface area contributed by atoms with Gasteiger partial charge in [-0.1, -0.05) is 48.0 Å². The van der Waals surface area contributed by atoms with E-state index < -0.39 is 11.4 Å². The molecule has 4 rings (SSSR count). The van der Waals surface area contributed by atoms with Crippen LogP contribution < -0.4 is 10.5 Å². The summed E-state index contributed by atoms with van der Waals surface area (Å²) in [6.07, 6.45) is 0. The number of carbonyl (C=O) groups is 2. The lowest BCUT2D eigenvalue weighted by atomic mass is 10.0. The number of hydrogen-bond acceptors (Lipinski definition) is 6. The normalized spacial score (nSPS) is 11.0. The van der Waals surface area contributed by atoms with Crippen LogP contribution in [0.1, 0.15) is 29.8 Å². The Balaban J connectivity index is 1.76. The van der Waals surface area contributed by atoms with Crippen molar-refractivity contribution < 1.29 is 18.7 Å². The summed E-state index contributed by atoms with van der Waals surface area (Å²) in [7, 11) is 0. The third-order valence-electron chi connectivity index (χ3n) is 5.49. The molecule has 7 heteroatoms. The van der Waals surface area contributed by atoms with E-state index in [2.05, 4.69) is 4.90 Å². The van der Waals surface area contributed by atoms with Crippen molar-refractivity contribution in [2.24, 2.45) is 0 Å². The molecule has 0 radical (unpaired) electrons. The second-order valence-electron chi connectivity index (χ2n) is 7.54. The summed E-state index contributed by atoms with van der Waals surface area (Å²) in [6.45, 7) is 4.98. The van der Waals surface area contributed by atoms with Crippen molar-refractivity contribution in [3.8, 4) is 0 Å². The molecule has 6 nitrogen and oxygen atoms in total. The molecule has 33 heavy (non-hydrogen) atoms. The minimum absolute atomic E-state index is 0.0812. The van der Waals surface area contributed by atoms with Crippen LogP contribution >= 0.6 is 11.6 Å². The Labute approximate surface area is 195 Å². The Bertz CT molecular complexity index is 1410. The highest BCUT2D eigenvalue weighted by atomic mass is 35.5. The molecule has 1 aromatic heterocycles. The number of anilines is 1. The van der Waals surface area contributed by atoms with Crippen LogP contribution in [0.15, 0.2) is 69.9 Å². The molecule has 0 fully saturated rings. The molecule has 0 saturated heterocycles. The summed E-state index contributed by atoms with van der Waals surface area (Å²) < 4.78 is 10.7. The van der Waals surface area contributed by atoms with Crippen molar-refractivity contribution in [2.75, 3.05) is 24.6 Å². The maximum Gasteiger partial charge on any atom is 0.349 e. The van der Waals surface area contributed by atoms with Crippen molar-refractivity contribution in [3.05, 3.63) is 87.2 Å². The SMILES string of the molecule is CCN(CCOC(C)=O)c1ccc2c(ccc3c(Cl)c(C(=O)c4ccccc4)c(=O)oc32)c1. The Morgan fingerprint density at radius 2 is 1.76 bits per heavy atom. The molecule has 0 amide bonds. The molecular weight excluding hydrogens is 442 g/mol. The maximum absolute atomic E-state index is 12.9. The molecule has 3 aromatic carbocycles. The van der Waals surface area contributed by atoms with Crippen LogP contribution in [0, 0.1) is 0 Å². The zero-order valence-corrected chi connectivity index (χ0v) is 19.0. The van der Waals surface area contributed by atoms with Gasteiger partial charge in [0.1, 0.15) is 17.8 Å². The van der Waals surface area contributed by atoms with E-state index in [1.165, 1.54) is 6.92 Å². The fourth-order valence-electron chi connectivity index (χ4n) is 3.83. The second-order valence-corrected chi connectivity index (χ2v) is 7.92. The van der Waals surface area contributed by atoms with Gasteiger partial charge in [0.05, 0.1) is 11.6 Å². The third kappa shape index (κ3) is 4.47. The number of esters is 1. The molecule has 168 valence electrons. The topological polar surface area (TPSA) is 76.8 Å². The number of benzene rings is 3. The number of rotatable bonds is 7. The quantitative estimate of drug-likeness (QED) is 0.162. The summed E-state index contributed by atoms with van der Waals surface area (Å²) in [5.41, 5.74) is 0.704. The first-order valence-electron chi connectivity index (χ1n) is 10.6. The number of ketones is 1. The third-order valence-corrected chi connectivity index (χ3v) is 5.88. The summed E-state index contributed by atoms with van der Waals surface area (Å²) in [6, 6.07) is 17.9. The van der Waals surface area contributed by atoms with Crippen molar-refractivity contribution in [3.63, 3.8) is 0 Å². The molecule has 0 unspecified atom stereocenters. The minimum Gasteiger partial charge on any atom is -0.464 e. The van der Waals surface area contributed by atoms with Gasteiger partial charge in [0.25, 0.3) is 0 Å². The van der Waals surface area contributed by atoms with E-state index in [0.717, 1.165) is 17.6 Å². The molecule has 0 aliphatic rings. The molecule has 0 atom stereocenters. The minimum atomic E-state index is -0.769. The van der Waals surface area contributed by atoms with Crippen molar-refractivity contribution in [1.29, 1.82) is 0 Å². The zero-order valence-electron chi connectivity index (χ0n) is 18.3. The lowest BCUT2D eigenvalue weighted by Crippen LogP contribution is -2.27. The van der Waals surface area contributed by atoms with Gasteiger partial charge in [0.15, 0.2) is 0 Å². The average molecular weight is 464 g/mol. The second kappa shape index (κ2) is 9.46. The van der Waals surface area contributed by atoms with E-state index in [9.17, 15) is 14.4 Å². The molecule has 0 spiro atoms. The van der Waals surface area contributed by atoms with Crippen LogP contribution in [0.3, 0.4) is 0 Å². The van der Waals surface area contributed by atoms with Gasteiger partial charge in [0.2, 0.25) is 5.78 Å². The van der Waals surface area contributed by atoms with Gasteiger partial charge in [-0.25, -0.2) is 4.79 Å². The van der Waals surface area contributed by atoms with E-state index in [1.807, 2.05) is 31.2 Å². The smallest absolute Gasteiger partial charge is 0.349 e. The van der Waals surface area contributed by atoms with E-state index >= 15 is 0 Å². The summed E-state index contributed by atoms with van der Waals surface area (Å²) in [5, 5.41) is 2.15. The molecule has 4 aromatic rings. The molecule has 0 aliphatic carbocycles. The summed E-state index contributed by atoms with van der Waals surface area (Å²) in [5.74, 6) is -0.786. The summed E-state index contributed by atoms with van der Waals surface area (Å²) >= 11 is 6.55. The highest BCUT2D eigenvalue weighted by Crippen LogP contribution is 2.33. The number of likely N-dealkylation sites (N-methyl/N-ethyl adjacent to an activating group) is 1. The van der Waals surface area contributed by atoms with E-state index in [0.29, 0.717) is 35.1 Å². The Kier molecular flexibility index (Phi) is 6.47. The van der Waals surface area contributed by atoms with Gasteiger partial charge in [-0.05, 0) is 36.6 Å². The highest BCUT2D eigenvalue weighted by molar-refractivity contribution is 6.39. The zero-order chi connectivity index (χ0) is 23.5. The largest absolute Gasteiger partial charge is 0.464 e. The number of halogens is 1. The Morgan fingerprint density at radius 3 is 2.45 bits per heavy atom. The highest BCUT2D eigenvalue weighted by Gasteiger charge is 2.22. The van der Waals surface area contributed by atoms with Gasteiger partial charge in [-0.2, -0.15) is 0 Å². The summed E-state index contributed by atoms with van der Waals surface area (Å²) in [4.78, 5) is 38.8. The van der Waals surface area contributed by atoms with Gasteiger partial charge >= 0.3 is 11.6 Å². The van der Waals surface area contributed by atoms with Crippen LogP contribution in [0.2, 0.25) is 5.02 Å². The van der Waals surface area contributed by atoms with Gasteiger partial charge < -0.3 is 14.1 Å². The Hall–Kier alpha value is -3.64. The van der Waals surface area contributed by atoms with Crippen LogP contribution in [-0.2, 0) is 9.53 Å². The van der Waals surface area contributed by atoms with Crippen molar-refractivity contribution >= 4 is 50.8 Å². The lowest BCUT2D eigenvalue weighted by Gasteiger charge is -2.23. The molecule has 0 saturated carbocycles. The Morgan fingerprint density at radius 1 is 1.03 bits per heavy atom. The van der Waals surface area contributed by atoms with Crippen molar-refractivity contribution in [1.82, 2.24) is 0 Å². The average Bonchev–Trinajstić information content (AvgIpc) is 2.81. The lowest BCUT2D eigenvalue weighted by molar-refractivity contribution is -0.140. The fourth-order valence-corrected chi connectivity index (χ4v) is 4.14. The van der Waals surface area contributed by atoms with Crippen LogP contribution in [0.25, 0.3) is 21.7 Å². The maximum atomic E-state index is 12.9. The molecule has 0 N–H and O–H groups in total. The monoisotopic (exact) mass is 463 g/mol. The van der Waals surface area contributed by atoms with Crippen molar-refractivity contribution in [2.45, 2.75) is 13.8 Å². The molecule has 0 aliphatic heterocycles. The first-order valence-corrected chi connectivity index (χ1v) is 11.0. The predicted molar refractivity (Wildman–Crippen MR) is 129 cm³/mol. The predicted octanol–water partition coefficient (Wildman–Crippen LogP) is 5.22. The van der Waals surface area contributed by atoms with Crippen LogP contribution in [0.5, 0.6) is 0 Å².